The van der Waals surface area contributed by atoms with E-state index in [1.807, 2.05) is 28.9 Å². The lowest BCUT2D eigenvalue weighted by molar-refractivity contribution is -0.136. The van der Waals surface area contributed by atoms with Crippen LogP contribution in [0.15, 0.2) is 5.38 Å². The number of hydrogen-bond donors (Lipinski definition) is 1. The van der Waals surface area contributed by atoms with Crippen molar-refractivity contribution in [3.8, 4) is 0 Å². The maximum absolute atomic E-state index is 10.6. The Morgan fingerprint density at radius 2 is 2.31 bits per heavy atom. The van der Waals surface area contributed by atoms with Crippen LogP contribution in [0.25, 0.3) is 0 Å². The van der Waals surface area contributed by atoms with Gasteiger partial charge in [0.05, 0.1) is 17.4 Å². The van der Waals surface area contributed by atoms with Gasteiger partial charge < -0.3 is 5.11 Å². The third kappa shape index (κ3) is 2.93. The molecule has 2 atom stereocenters. The van der Waals surface area contributed by atoms with Crippen LogP contribution in [0, 0.1) is 0 Å². The van der Waals surface area contributed by atoms with Crippen LogP contribution in [0.4, 0.5) is 0 Å². The predicted octanol–water partition coefficient (Wildman–Crippen LogP) is 2.68. The fourth-order valence-corrected chi connectivity index (χ4v) is 5.59. The summed E-state index contributed by atoms with van der Waals surface area (Å²) in [5, 5.41) is 12.7. The summed E-state index contributed by atoms with van der Waals surface area (Å²) in [7, 11) is 0. The van der Waals surface area contributed by atoms with Crippen molar-refractivity contribution in [3.05, 3.63) is 16.1 Å². The SMILES string of the molecule is CC1SCCSC1c1nc(CC(=O)O)cs1. The zero-order chi connectivity index (χ0) is 11.5. The van der Waals surface area contributed by atoms with E-state index in [1.165, 1.54) is 5.75 Å². The van der Waals surface area contributed by atoms with Crippen LogP contribution < -0.4 is 0 Å². The van der Waals surface area contributed by atoms with Gasteiger partial charge in [0.25, 0.3) is 0 Å². The Labute approximate surface area is 107 Å². The summed E-state index contributed by atoms with van der Waals surface area (Å²) in [6.45, 7) is 2.22. The number of carboxylic acid groups (broad SMARTS) is 1. The molecule has 1 saturated heterocycles. The number of thiazole rings is 1. The monoisotopic (exact) mass is 275 g/mol. The minimum absolute atomic E-state index is 0.0371. The van der Waals surface area contributed by atoms with E-state index in [0.717, 1.165) is 10.8 Å². The highest BCUT2D eigenvalue weighted by Crippen LogP contribution is 2.43. The van der Waals surface area contributed by atoms with E-state index in [2.05, 4.69) is 11.9 Å². The van der Waals surface area contributed by atoms with Crippen LogP contribution in [0.2, 0.25) is 0 Å². The first-order chi connectivity index (χ1) is 7.66. The Morgan fingerprint density at radius 1 is 1.56 bits per heavy atom. The molecule has 0 aromatic carbocycles. The lowest BCUT2D eigenvalue weighted by Gasteiger charge is -2.25. The van der Waals surface area contributed by atoms with E-state index in [4.69, 9.17) is 5.11 Å². The largest absolute Gasteiger partial charge is 0.481 e. The van der Waals surface area contributed by atoms with Crippen molar-refractivity contribution in [2.75, 3.05) is 11.5 Å². The number of rotatable bonds is 3. The molecule has 1 aromatic heterocycles. The molecule has 2 heterocycles. The molecule has 6 heteroatoms. The summed E-state index contributed by atoms with van der Waals surface area (Å²) in [5.41, 5.74) is 0.691. The average Bonchev–Trinajstić information content (AvgIpc) is 2.66. The van der Waals surface area contributed by atoms with Crippen LogP contribution >= 0.6 is 34.9 Å². The number of carboxylic acids is 1. The molecule has 0 saturated carbocycles. The van der Waals surface area contributed by atoms with Crippen molar-refractivity contribution < 1.29 is 9.90 Å². The molecular weight excluding hydrogens is 262 g/mol. The van der Waals surface area contributed by atoms with Gasteiger partial charge in [0.2, 0.25) is 0 Å². The fraction of sp³-hybridized carbons (Fsp3) is 0.600. The first kappa shape index (κ1) is 12.3. The minimum Gasteiger partial charge on any atom is -0.481 e. The molecule has 3 nitrogen and oxygen atoms in total. The van der Waals surface area contributed by atoms with Gasteiger partial charge in [-0.2, -0.15) is 11.8 Å². The normalized spacial score (nSPS) is 25.6. The molecule has 0 spiro atoms. The lowest BCUT2D eigenvalue weighted by atomic mass is 10.3. The Hall–Kier alpha value is -0.200. The maximum Gasteiger partial charge on any atom is 0.309 e. The molecule has 0 amide bonds. The molecule has 1 aromatic rings. The Kier molecular flexibility index (Phi) is 4.16. The first-order valence-electron chi connectivity index (χ1n) is 5.06. The smallest absolute Gasteiger partial charge is 0.309 e. The predicted molar refractivity (Wildman–Crippen MR) is 70.6 cm³/mol. The van der Waals surface area contributed by atoms with E-state index in [0.29, 0.717) is 16.2 Å². The molecule has 88 valence electrons. The van der Waals surface area contributed by atoms with Crippen molar-refractivity contribution in [1.29, 1.82) is 0 Å². The van der Waals surface area contributed by atoms with Crippen LogP contribution in [0.5, 0.6) is 0 Å². The fourth-order valence-electron chi connectivity index (χ4n) is 1.59. The highest BCUT2D eigenvalue weighted by molar-refractivity contribution is 8.06. The first-order valence-corrected chi connectivity index (χ1v) is 8.04. The molecule has 0 bridgehead atoms. The maximum atomic E-state index is 10.6. The molecule has 1 aliphatic rings. The zero-order valence-electron chi connectivity index (χ0n) is 8.88. The zero-order valence-corrected chi connectivity index (χ0v) is 11.3. The summed E-state index contributed by atoms with van der Waals surface area (Å²) >= 11 is 5.50. The number of aliphatic carboxylic acids is 1. The highest BCUT2D eigenvalue weighted by atomic mass is 32.2. The van der Waals surface area contributed by atoms with Crippen LogP contribution in [0.1, 0.15) is 22.9 Å². The standard InChI is InChI=1S/C10H13NO2S3/c1-6-9(15-3-2-14-6)10-11-7(5-16-10)4-8(12)13/h5-6,9H,2-4H2,1H3,(H,12,13). The molecular formula is C10H13NO2S3. The Morgan fingerprint density at radius 3 is 3.00 bits per heavy atom. The van der Waals surface area contributed by atoms with Gasteiger partial charge in [-0.3, -0.25) is 4.79 Å². The molecule has 1 N–H and O–H groups in total. The second kappa shape index (κ2) is 5.42. The number of carbonyl (C=O) groups is 1. The van der Waals surface area contributed by atoms with Crippen molar-refractivity contribution in [2.24, 2.45) is 0 Å². The van der Waals surface area contributed by atoms with Crippen LogP contribution in [-0.4, -0.2) is 32.8 Å². The molecule has 16 heavy (non-hydrogen) atoms. The van der Waals surface area contributed by atoms with Crippen molar-refractivity contribution in [2.45, 2.75) is 23.8 Å². The third-order valence-electron chi connectivity index (χ3n) is 2.33. The molecule has 1 aliphatic heterocycles. The molecule has 2 unspecified atom stereocenters. The summed E-state index contributed by atoms with van der Waals surface area (Å²) in [6.07, 6.45) is 0.0371. The van der Waals surface area contributed by atoms with E-state index in [9.17, 15) is 4.79 Å². The number of hydrogen-bond acceptors (Lipinski definition) is 5. The van der Waals surface area contributed by atoms with E-state index in [1.54, 1.807) is 11.3 Å². The summed E-state index contributed by atoms with van der Waals surface area (Å²) in [5.74, 6) is 1.55. The van der Waals surface area contributed by atoms with Crippen molar-refractivity contribution >= 4 is 40.8 Å². The summed E-state index contributed by atoms with van der Waals surface area (Å²) < 4.78 is 0. The van der Waals surface area contributed by atoms with Gasteiger partial charge in [0.15, 0.2) is 0 Å². The Balaban J connectivity index is 2.08. The summed E-state index contributed by atoms with van der Waals surface area (Å²) in [4.78, 5) is 15.0. The van der Waals surface area contributed by atoms with Crippen molar-refractivity contribution in [3.63, 3.8) is 0 Å². The number of thioether (sulfide) groups is 2. The third-order valence-corrected chi connectivity index (χ3v) is 6.56. The second-order valence-corrected chi connectivity index (χ2v) is 7.24. The van der Waals surface area contributed by atoms with Gasteiger partial charge in [-0.15, -0.1) is 23.1 Å². The van der Waals surface area contributed by atoms with Gasteiger partial charge >= 0.3 is 5.97 Å². The average molecular weight is 275 g/mol. The summed E-state index contributed by atoms with van der Waals surface area (Å²) in [6, 6.07) is 0. The minimum atomic E-state index is -0.810. The quantitative estimate of drug-likeness (QED) is 0.919. The molecule has 0 radical (unpaired) electrons. The van der Waals surface area contributed by atoms with Crippen LogP contribution in [0.3, 0.4) is 0 Å². The van der Waals surface area contributed by atoms with Gasteiger partial charge in [-0.1, -0.05) is 6.92 Å². The van der Waals surface area contributed by atoms with Crippen molar-refractivity contribution in [1.82, 2.24) is 4.98 Å². The molecule has 2 rings (SSSR count). The van der Waals surface area contributed by atoms with Crippen LogP contribution in [-0.2, 0) is 11.2 Å². The lowest BCUT2D eigenvalue weighted by Crippen LogP contribution is -2.15. The number of nitrogens with zero attached hydrogens (tertiary/aromatic N) is 1. The van der Waals surface area contributed by atoms with Gasteiger partial charge in [0.1, 0.15) is 5.01 Å². The highest BCUT2D eigenvalue weighted by Gasteiger charge is 2.26. The molecule has 1 fully saturated rings. The van der Waals surface area contributed by atoms with E-state index in [-0.39, 0.29) is 6.42 Å². The second-order valence-electron chi connectivity index (χ2n) is 3.61. The van der Waals surface area contributed by atoms with Gasteiger partial charge in [-0.25, -0.2) is 4.98 Å². The van der Waals surface area contributed by atoms with Gasteiger partial charge in [-0.05, 0) is 0 Å². The number of aromatic nitrogens is 1. The molecule has 0 aliphatic carbocycles. The topological polar surface area (TPSA) is 50.2 Å². The van der Waals surface area contributed by atoms with Gasteiger partial charge in [0, 0.05) is 22.1 Å². The Bertz CT molecular complexity index is 380. The van der Waals surface area contributed by atoms with E-state index >= 15 is 0 Å². The van der Waals surface area contributed by atoms with E-state index < -0.39 is 5.97 Å².